The summed E-state index contributed by atoms with van der Waals surface area (Å²) in [7, 11) is -2.09. The van der Waals surface area contributed by atoms with Crippen LogP contribution >= 0.6 is 0 Å². The van der Waals surface area contributed by atoms with Gasteiger partial charge in [-0.3, -0.25) is 0 Å². The Labute approximate surface area is 222 Å². The Balaban J connectivity index is 1.37. The molecule has 4 heterocycles. The second-order valence-electron chi connectivity index (χ2n) is 9.84. The Kier molecular flexibility index (Phi) is 6.50. The lowest BCUT2D eigenvalue weighted by molar-refractivity contribution is 0.0301. The summed E-state index contributed by atoms with van der Waals surface area (Å²) in [6, 6.07) is 15.5. The van der Waals surface area contributed by atoms with Crippen molar-refractivity contribution in [1.82, 2.24) is 19.6 Å². The zero-order chi connectivity index (χ0) is 26.3. The first-order valence-corrected chi connectivity index (χ1v) is 14.3. The largest absolute Gasteiger partial charge is 0.371 e. The van der Waals surface area contributed by atoms with Crippen molar-refractivity contribution in [2.75, 3.05) is 36.9 Å². The van der Waals surface area contributed by atoms with Crippen LogP contribution in [0.1, 0.15) is 24.1 Å². The summed E-state index contributed by atoms with van der Waals surface area (Å²) in [6.07, 6.45) is 3.01. The SMILES string of the molecule is CNC(=O)Nc1ccc(-c2nc3c(c(N4CC5CCC(C4)O5)n2)CCN(S(=O)(=O)c2ccccc2)C3)cc1. The van der Waals surface area contributed by atoms with E-state index in [0.29, 0.717) is 24.5 Å². The maximum atomic E-state index is 13.4. The van der Waals surface area contributed by atoms with Gasteiger partial charge >= 0.3 is 6.03 Å². The van der Waals surface area contributed by atoms with E-state index in [9.17, 15) is 13.2 Å². The van der Waals surface area contributed by atoms with E-state index in [-0.39, 0.29) is 29.7 Å². The lowest BCUT2D eigenvalue weighted by atomic mass is 10.0. The van der Waals surface area contributed by atoms with Gasteiger partial charge in [-0.1, -0.05) is 18.2 Å². The molecule has 3 aromatic rings. The molecule has 3 aliphatic heterocycles. The van der Waals surface area contributed by atoms with Crippen molar-refractivity contribution in [2.45, 2.75) is 42.9 Å². The van der Waals surface area contributed by atoms with Crippen molar-refractivity contribution >= 4 is 27.6 Å². The lowest BCUT2D eigenvalue weighted by Crippen LogP contribution is -2.44. The summed E-state index contributed by atoms with van der Waals surface area (Å²) < 4.78 is 34.4. The number of nitrogens with one attached hydrogen (secondary N) is 2. The number of carbonyl (C=O) groups is 1. The standard InChI is InChI=1S/C27H30N6O4S/c1-28-27(34)29-19-9-7-18(8-10-19)25-30-24-17-33(38(35,36)22-5-3-2-4-6-22)14-13-23(24)26(31-25)32-15-20-11-12-21(16-32)37-20/h2-10,20-21H,11-17H2,1H3,(H2,28,29,34). The van der Waals surface area contributed by atoms with Gasteiger partial charge in [-0.25, -0.2) is 23.2 Å². The number of ether oxygens (including phenoxy) is 1. The zero-order valence-electron chi connectivity index (χ0n) is 21.1. The third kappa shape index (κ3) is 4.72. The zero-order valence-corrected chi connectivity index (χ0v) is 21.9. The van der Waals surface area contributed by atoms with E-state index >= 15 is 0 Å². The third-order valence-corrected chi connectivity index (χ3v) is 9.22. The van der Waals surface area contributed by atoms with Crippen LogP contribution in [0, 0.1) is 0 Å². The molecule has 38 heavy (non-hydrogen) atoms. The minimum Gasteiger partial charge on any atom is -0.371 e. The van der Waals surface area contributed by atoms with E-state index in [1.54, 1.807) is 49.5 Å². The summed E-state index contributed by atoms with van der Waals surface area (Å²) in [6.45, 7) is 2.08. The highest BCUT2D eigenvalue weighted by Crippen LogP contribution is 2.35. The van der Waals surface area contributed by atoms with Gasteiger partial charge in [-0.2, -0.15) is 4.31 Å². The van der Waals surface area contributed by atoms with Gasteiger partial charge in [0.1, 0.15) is 5.82 Å². The molecule has 3 aliphatic rings. The number of morpholine rings is 1. The number of benzene rings is 2. The first-order valence-electron chi connectivity index (χ1n) is 12.9. The van der Waals surface area contributed by atoms with Gasteiger partial charge in [0.2, 0.25) is 10.0 Å². The highest BCUT2D eigenvalue weighted by molar-refractivity contribution is 7.89. The number of hydrogen-bond acceptors (Lipinski definition) is 7. The summed E-state index contributed by atoms with van der Waals surface area (Å²) in [5.41, 5.74) is 3.17. The summed E-state index contributed by atoms with van der Waals surface area (Å²) >= 11 is 0. The van der Waals surface area contributed by atoms with Gasteiger partial charge in [-0.05, 0) is 55.7 Å². The monoisotopic (exact) mass is 534 g/mol. The Bertz CT molecular complexity index is 1440. The number of aromatic nitrogens is 2. The van der Waals surface area contributed by atoms with E-state index < -0.39 is 10.0 Å². The molecule has 11 heteroatoms. The number of nitrogens with zero attached hydrogens (tertiary/aromatic N) is 4. The van der Waals surface area contributed by atoms with Gasteiger partial charge in [0, 0.05) is 43.5 Å². The molecule has 0 radical (unpaired) electrons. The molecule has 2 fully saturated rings. The van der Waals surface area contributed by atoms with Crippen LogP contribution in [0.5, 0.6) is 0 Å². The molecule has 2 bridgehead atoms. The van der Waals surface area contributed by atoms with Crippen LogP contribution in [-0.2, 0) is 27.7 Å². The van der Waals surface area contributed by atoms with Crippen molar-refractivity contribution in [3.05, 3.63) is 65.9 Å². The predicted octanol–water partition coefficient (Wildman–Crippen LogP) is 3.01. The topological polar surface area (TPSA) is 117 Å². The Morgan fingerprint density at radius 2 is 1.71 bits per heavy atom. The van der Waals surface area contributed by atoms with E-state index in [1.165, 1.54) is 4.31 Å². The fourth-order valence-electron chi connectivity index (χ4n) is 5.41. The molecule has 2 atom stereocenters. The van der Waals surface area contributed by atoms with Crippen LogP contribution in [0.2, 0.25) is 0 Å². The van der Waals surface area contributed by atoms with Gasteiger partial charge < -0.3 is 20.3 Å². The fraction of sp³-hybridized carbons (Fsp3) is 0.370. The summed E-state index contributed by atoms with van der Waals surface area (Å²) in [5, 5.41) is 5.29. The highest BCUT2D eigenvalue weighted by atomic mass is 32.2. The van der Waals surface area contributed by atoms with Crippen LogP contribution in [0.15, 0.2) is 59.5 Å². The third-order valence-electron chi connectivity index (χ3n) is 7.36. The number of sulfonamides is 1. The average molecular weight is 535 g/mol. The molecular weight excluding hydrogens is 504 g/mol. The first kappa shape index (κ1) is 24.8. The smallest absolute Gasteiger partial charge is 0.318 e. The molecule has 2 N–H and O–H groups in total. The van der Waals surface area contributed by atoms with Crippen molar-refractivity contribution in [3.63, 3.8) is 0 Å². The molecule has 10 nitrogen and oxygen atoms in total. The second kappa shape index (κ2) is 9.97. The van der Waals surface area contributed by atoms with Crippen LogP contribution in [0.25, 0.3) is 11.4 Å². The number of fused-ring (bicyclic) bond motifs is 3. The van der Waals surface area contributed by atoms with Gasteiger partial charge in [0.25, 0.3) is 0 Å². The maximum Gasteiger partial charge on any atom is 0.318 e. The molecule has 2 unspecified atom stereocenters. The number of urea groups is 1. The van der Waals surface area contributed by atoms with E-state index in [4.69, 9.17) is 14.7 Å². The molecule has 0 spiro atoms. The van der Waals surface area contributed by atoms with Gasteiger partial charge in [0.15, 0.2) is 5.82 Å². The fourth-order valence-corrected chi connectivity index (χ4v) is 6.83. The Morgan fingerprint density at radius 1 is 1.00 bits per heavy atom. The first-order chi connectivity index (χ1) is 18.4. The van der Waals surface area contributed by atoms with E-state index in [0.717, 1.165) is 48.6 Å². The van der Waals surface area contributed by atoms with Crippen LogP contribution < -0.4 is 15.5 Å². The Morgan fingerprint density at radius 3 is 2.39 bits per heavy atom. The molecule has 6 rings (SSSR count). The number of amides is 2. The van der Waals surface area contributed by atoms with E-state index in [2.05, 4.69) is 15.5 Å². The molecular formula is C27H30N6O4S. The number of rotatable bonds is 5. The van der Waals surface area contributed by atoms with Gasteiger partial charge in [0.05, 0.1) is 29.3 Å². The van der Waals surface area contributed by atoms with Gasteiger partial charge in [-0.15, -0.1) is 0 Å². The minimum absolute atomic E-state index is 0.183. The van der Waals surface area contributed by atoms with Crippen LogP contribution in [0.4, 0.5) is 16.3 Å². The molecule has 2 amide bonds. The molecule has 0 aliphatic carbocycles. The number of hydrogen-bond donors (Lipinski definition) is 2. The maximum absolute atomic E-state index is 13.4. The molecule has 0 saturated carbocycles. The quantitative estimate of drug-likeness (QED) is 0.517. The second-order valence-corrected chi connectivity index (χ2v) is 11.8. The number of anilines is 2. The van der Waals surface area contributed by atoms with E-state index in [1.807, 2.05) is 12.1 Å². The van der Waals surface area contributed by atoms with Crippen LogP contribution in [-0.4, -0.2) is 67.6 Å². The number of carbonyl (C=O) groups excluding carboxylic acids is 1. The van der Waals surface area contributed by atoms with Crippen molar-refractivity contribution in [1.29, 1.82) is 0 Å². The summed E-state index contributed by atoms with van der Waals surface area (Å²) in [4.78, 5) is 24.1. The van der Waals surface area contributed by atoms with Crippen molar-refractivity contribution in [2.24, 2.45) is 0 Å². The summed E-state index contributed by atoms with van der Waals surface area (Å²) in [5.74, 6) is 1.40. The van der Waals surface area contributed by atoms with Crippen molar-refractivity contribution < 1.29 is 17.9 Å². The Hall–Kier alpha value is -3.54. The minimum atomic E-state index is -3.65. The predicted molar refractivity (Wildman–Crippen MR) is 143 cm³/mol. The molecule has 2 aromatic carbocycles. The molecule has 2 saturated heterocycles. The lowest BCUT2D eigenvalue weighted by Gasteiger charge is -2.36. The molecule has 198 valence electrons. The highest BCUT2D eigenvalue weighted by Gasteiger charge is 2.37. The van der Waals surface area contributed by atoms with Crippen molar-refractivity contribution in [3.8, 4) is 11.4 Å². The average Bonchev–Trinajstić information content (AvgIpc) is 3.29. The normalized spacial score (nSPS) is 21.1. The van der Waals surface area contributed by atoms with Crippen LogP contribution in [0.3, 0.4) is 0 Å². The molecule has 1 aromatic heterocycles.